The molecule has 2 amide bonds. The molecule has 0 unspecified atom stereocenters. The van der Waals surface area contributed by atoms with Gasteiger partial charge in [0.1, 0.15) is 6.54 Å². The first-order valence-electron chi connectivity index (χ1n) is 9.01. The molecule has 0 N–H and O–H groups in total. The van der Waals surface area contributed by atoms with Crippen LogP contribution >= 0.6 is 0 Å². The maximum absolute atomic E-state index is 12.7. The summed E-state index contributed by atoms with van der Waals surface area (Å²) >= 11 is 0. The highest BCUT2D eigenvalue weighted by Crippen LogP contribution is 2.31. The summed E-state index contributed by atoms with van der Waals surface area (Å²) in [5.41, 5.74) is 2.99. The maximum Gasteiger partial charge on any atom is 0.246 e. The van der Waals surface area contributed by atoms with Gasteiger partial charge in [0.15, 0.2) is 0 Å². The Labute approximate surface area is 154 Å². The summed E-state index contributed by atoms with van der Waals surface area (Å²) in [5, 5.41) is 0. The topological polar surface area (TPSA) is 49.9 Å². The molecule has 0 spiro atoms. The van der Waals surface area contributed by atoms with Crippen LogP contribution in [0.4, 0.5) is 5.69 Å². The second-order valence-corrected chi connectivity index (χ2v) is 6.19. The van der Waals surface area contributed by atoms with Crippen LogP contribution in [-0.2, 0) is 14.3 Å². The fraction of sp³-hybridized carbons (Fsp3) is 0.333. The minimum Gasteiger partial charge on any atom is -0.381 e. The van der Waals surface area contributed by atoms with Gasteiger partial charge in [-0.05, 0) is 18.6 Å². The summed E-state index contributed by atoms with van der Waals surface area (Å²) in [5.74, 6) is -0.0767. The van der Waals surface area contributed by atoms with E-state index in [2.05, 4.69) is 0 Å². The summed E-state index contributed by atoms with van der Waals surface area (Å²) in [4.78, 5) is 28.4. The third-order valence-electron chi connectivity index (χ3n) is 4.52. The minimum atomic E-state index is -0.0515. The molecule has 0 saturated carbocycles. The van der Waals surface area contributed by atoms with Crippen molar-refractivity contribution in [3.05, 3.63) is 54.6 Å². The van der Waals surface area contributed by atoms with Crippen LogP contribution in [0.2, 0.25) is 0 Å². The Morgan fingerprint density at radius 3 is 2.50 bits per heavy atom. The monoisotopic (exact) mass is 352 g/mol. The molecule has 0 bridgehead atoms. The number of amides is 2. The normalized spacial score (nSPS) is 14.6. The van der Waals surface area contributed by atoms with Crippen molar-refractivity contribution in [2.24, 2.45) is 0 Å². The van der Waals surface area contributed by atoms with Crippen LogP contribution < -0.4 is 4.90 Å². The molecule has 1 fully saturated rings. The van der Waals surface area contributed by atoms with E-state index in [1.165, 1.54) is 0 Å². The lowest BCUT2D eigenvalue weighted by molar-refractivity contribution is -0.137. The first kappa shape index (κ1) is 18.1. The third-order valence-corrected chi connectivity index (χ3v) is 4.52. The highest BCUT2D eigenvalue weighted by atomic mass is 16.5. The Morgan fingerprint density at radius 1 is 1.04 bits per heavy atom. The number of hydrogen-bond acceptors (Lipinski definition) is 3. The van der Waals surface area contributed by atoms with Gasteiger partial charge in [-0.15, -0.1) is 0 Å². The summed E-state index contributed by atoms with van der Waals surface area (Å²) in [6.07, 6.45) is 0.321. The summed E-state index contributed by atoms with van der Waals surface area (Å²) in [6, 6.07) is 17.9. The quantitative estimate of drug-likeness (QED) is 0.751. The van der Waals surface area contributed by atoms with E-state index in [9.17, 15) is 9.59 Å². The number of hydrogen-bond donors (Lipinski definition) is 0. The molecule has 1 heterocycles. The lowest BCUT2D eigenvalue weighted by Crippen LogP contribution is -2.52. The van der Waals surface area contributed by atoms with E-state index in [-0.39, 0.29) is 18.4 Å². The molecule has 2 aromatic rings. The van der Waals surface area contributed by atoms with Crippen LogP contribution in [0.1, 0.15) is 13.3 Å². The zero-order valence-corrected chi connectivity index (χ0v) is 15.1. The van der Waals surface area contributed by atoms with Gasteiger partial charge < -0.3 is 14.5 Å². The van der Waals surface area contributed by atoms with Crippen molar-refractivity contribution in [2.75, 3.05) is 37.7 Å². The van der Waals surface area contributed by atoms with Crippen molar-refractivity contribution in [3.63, 3.8) is 0 Å². The van der Waals surface area contributed by atoms with Crippen molar-refractivity contribution in [1.29, 1.82) is 0 Å². The molecule has 3 rings (SSSR count). The Bertz CT molecular complexity index is 761. The van der Waals surface area contributed by atoms with E-state index in [4.69, 9.17) is 4.74 Å². The fourth-order valence-corrected chi connectivity index (χ4v) is 3.17. The molecule has 136 valence electrons. The van der Waals surface area contributed by atoms with Crippen LogP contribution in [-0.4, -0.2) is 49.6 Å². The molecule has 0 aromatic heterocycles. The van der Waals surface area contributed by atoms with E-state index in [1.54, 1.807) is 9.80 Å². The van der Waals surface area contributed by atoms with Crippen LogP contribution in [0.25, 0.3) is 11.1 Å². The molecule has 0 radical (unpaired) electrons. The summed E-state index contributed by atoms with van der Waals surface area (Å²) in [6.45, 7) is 4.06. The van der Waals surface area contributed by atoms with Crippen molar-refractivity contribution in [1.82, 2.24) is 4.90 Å². The van der Waals surface area contributed by atoms with Crippen LogP contribution in [0, 0.1) is 0 Å². The van der Waals surface area contributed by atoms with Gasteiger partial charge in [-0.25, -0.2) is 0 Å². The molecule has 5 heteroatoms. The molecule has 1 aliphatic rings. The standard InChI is InChI=1S/C21H24N2O3/c1-2-26-15-12-20(24)22-13-14-23(21(25)16-22)19-11-7-6-10-18(19)17-8-4-3-5-9-17/h3-11H,2,12-16H2,1H3. The number of rotatable bonds is 6. The van der Waals surface area contributed by atoms with Gasteiger partial charge in [-0.3, -0.25) is 9.59 Å². The Kier molecular flexibility index (Phi) is 6.02. The maximum atomic E-state index is 12.7. The van der Waals surface area contributed by atoms with Gasteiger partial charge in [0.2, 0.25) is 11.8 Å². The second kappa shape index (κ2) is 8.63. The van der Waals surface area contributed by atoms with Gasteiger partial charge in [0.05, 0.1) is 18.7 Å². The summed E-state index contributed by atoms with van der Waals surface area (Å²) in [7, 11) is 0. The fourth-order valence-electron chi connectivity index (χ4n) is 3.17. The van der Waals surface area contributed by atoms with Crippen molar-refractivity contribution >= 4 is 17.5 Å². The molecular formula is C21H24N2O3. The van der Waals surface area contributed by atoms with Gasteiger partial charge in [0, 0.05) is 25.3 Å². The number of anilines is 1. The van der Waals surface area contributed by atoms with E-state index >= 15 is 0 Å². The Hall–Kier alpha value is -2.66. The van der Waals surface area contributed by atoms with E-state index in [0.29, 0.717) is 32.7 Å². The predicted molar refractivity (Wildman–Crippen MR) is 102 cm³/mol. The lowest BCUT2D eigenvalue weighted by Gasteiger charge is -2.35. The van der Waals surface area contributed by atoms with Gasteiger partial charge in [-0.1, -0.05) is 48.5 Å². The highest BCUT2D eigenvalue weighted by molar-refractivity contribution is 6.01. The number of carbonyl (C=O) groups excluding carboxylic acids is 2. The van der Waals surface area contributed by atoms with Crippen LogP contribution in [0.3, 0.4) is 0 Å². The molecule has 26 heavy (non-hydrogen) atoms. The third kappa shape index (κ3) is 4.11. The number of ether oxygens (including phenoxy) is 1. The Balaban J connectivity index is 1.73. The van der Waals surface area contributed by atoms with Crippen LogP contribution in [0.15, 0.2) is 54.6 Å². The predicted octanol–water partition coefficient (Wildman–Crippen LogP) is 2.96. The average molecular weight is 352 g/mol. The molecular weight excluding hydrogens is 328 g/mol. The molecule has 2 aromatic carbocycles. The zero-order chi connectivity index (χ0) is 18.4. The second-order valence-electron chi connectivity index (χ2n) is 6.19. The number of benzene rings is 2. The van der Waals surface area contributed by atoms with Gasteiger partial charge in [0.25, 0.3) is 0 Å². The average Bonchev–Trinajstić information content (AvgIpc) is 2.69. The van der Waals surface area contributed by atoms with Crippen LogP contribution in [0.5, 0.6) is 0 Å². The highest BCUT2D eigenvalue weighted by Gasteiger charge is 2.29. The van der Waals surface area contributed by atoms with Gasteiger partial charge >= 0.3 is 0 Å². The molecule has 0 aliphatic carbocycles. The molecule has 0 atom stereocenters. The molecule has 1 saturated heterocycles. The van der Waals surface area contributed by atoms with Crippen molar-refractivity contribution in [3.8, 4) is 11.1 Å². The number of carbonyl (C=O) groups is 2. The minimum absolute atomic E-state index is 0.0252. The number of nitrogens with zero attached hydrogens (tertiary/aromatic N) is 2. The number of para-hydroxylation sites is 1. The number of piperazine rings is 1. The first-order chi connectivity index (χ1) is 12.7. The van der Waals surface area contributed by atoms with Crippen molar-refractivity contribution < 1.29 is 14.3 Å². The summed E-state index contributed by atoms with van der Waals surface area (Å²) < 4.78 is 5.23. The lowest BCUT2D eigenvalue weighted by atomic mass is 10.0. The van der Waals surface area contributed by atoms with Gasteiger partial charge in [-0.2, -0.15) is 0 Å². The molecule has 1 aliphatic heterocycles. The van der Waals surface area contributed by atoms with E-state index < -0.39 is 0 Å². The smallest absolute Gasteiger partial charge is 0.246 e. The SMILES string of the molecule is CCOCCC(=O)N1CCN(c2ccccc2-c2ccccc2)C(=O)C1. The van der Waals surface area contributed by atoms with E-state index in [1.807, 2.05) is 61.5 Å². The van der Waals surface area contributed by atoms with E-state index in [0.717, 1.165) is 16.8 Å². The zero-order valence-electron chi connectivity index (χ0n) is 15.1. The molecule has 5 nitrogen and oxygen atoms in total. The first-order valence-corrected chi connectivity index (χ1v) is 9.01. The Morgan fingerprint density at radius 2 is 1.77 bits per heavy atom. The largest absolute Gasteiger partial charge is 0.381 e. The van der Waals surface area contributed by atoms with Crippen molar-refractivity contribution in [2.45, 2.75) is 13.3 Å².